The summed E-state index contributed by atoms with van der Waals surface area (Å²) in [5.41, 5.74) is 6.82. The number of nitrogens with one attached hydrogen (secondary N) is 1. The first-order valence-electron chi connectivity index (χ1n) is 6.75. The summed E-state index contributed by atoms with van der Waals surface area (Å²) in [6, 6.07) is 7.06. The molecule has 20 heavy (non-hydrogen) atoms. The van der Waals surface area contributed by atoms with Crippen LogP contribution < -0.4 is 11.1 Å². The van der Waals surface area contributed by atoms with Gasteiger partial charge >= 0.3 is 0 Å². The number of fused-ring (bicyclic) bond motifs is 1. The molecule has 1 aliphatic rings. The molecule has 1 fully saturated rings. The van der Waals surface area contributed by atoms with Crippen LogP contribution >= 0.6 is 0 Å². The SMILES string of the molecule is CC1(NC(=O)c2cc3cc(N)ccc3o2)CCOCC1. The number of nitrogens with two attached hydrogens (primary N) is 1. The average Bonchev–Trinajstić information content (AvgIpc) is 2.82. The number of hydrogen-bond acceptors (Lipinski definition) is 4. The van der Waals surface area contributed by atoms with Crippen LogP contribution in [-0.2, 0) is 4.74 Å². The van der Waals surface area contributed by atoms with E-state index < -0.39 is 0 Å². The predicted octanol–water partition coefficient (Wildman–Crippen LogP) is 2.31. The molecule has 0 spiro atoms. The number of ether oxygens (including phenoxy) is 1. The Hall–Kier alpha value is -2.01. The first-order valence-corrected chi connectivity index (χ1v) is 6.75. The number of carbonyl (C=O) groups excluding carboxylic acids is 1. The highest BCUT2D eigenvalue weighted by Gasteiger charge is 2.30. The van der Waals surface area contributed by atoms with E-state index in [0.717, 1.165) is 18.2 Å². The number of carbonyl (C=O) groups is 1. The Balaban J connectivity index is 1.81. The Kier molecular flexibility index (Phi) is 3.14. The number of benzene rings is 1. The maximum Gasteiger partial charge on any atom is 0.287 e. The van der Waals surface area contributed by atoms with Crippen LogP contribution in [0.4, 0.5) is 5.69 Å². The van der Waals surface area contributed by atoms with Crippen molar-refractivity contribution in [2.45, 2.75) is 25.3 Å². The van der Waals surface area contributed by atoms with Crippen LogP contribution in [0, 0.1) is 0 Å². The molecule has 3 rings (SSSR count). The lowest BCUT2D eigenvalue weighted by Crippen LogP contribution is -2.49. The van der Waals surface area contributed by atoms with Crippen molar-refractivity contribution in [3.05, 3.63) is 30.0 Å². The second-order valence-corrected chi connectivity index (χ2v) is 5.54. The van der Waals surface area contributed by atoms with E-state index in [1.165, 1.54) is 0 Å². The van der Waals surface area contributed by atoms with Crippen LogP contribution in [0.2, 0.25) is 0 Å². The summed E-state index contributed by atoms with van der Waals surface area (Å²) in [7, 11) is 0. The van der Waals surface area contributed by atoms with Crippen LogP contribution in [-0.4, -0.2) is 24.7 Å². The molecule has 0 unspecified atom stereocenters. The van der Waals surface area contributed by atoms with Crippen molar-refractivity contribution in [3.8, 4) is 0 Å². The van der Waals surface area contributed by atoms with Crippen molar-refractivity contribution in [1.29, 1.82) is 0 Å². The van der Waals surface area contributed by atoms with Crippen molar-refractivity contribution >= 4 is 22.6 Å². The zero-order chi connectivity index (χ0) is 14.2. The minimum Gasteiger partial charge on any atom is -0.451 e. The first kappa shape index (κ1) is 13.0. The Morgan fingerprint density at radius 3 is 2.80 bits per heavy atom. The van der Waals surface area contributed by atoms with Crippen molar-refractivity contribution in [1.82, 2.24) is 5.32 Å². The van der Waals surface area contributed by atoms with Gasteiger partial charge in [-0.2, -0.15) is 0 Å². The third-order valence-corrected chi connectivity index (χ3v) is 3.78. The van der Waals surface area contributed by atoms with E-state index >= 15 is 0 Å². The molecule has 0 atom stereocenters. The molecule has 0 aliphatic carbocycles. The highest BCUT2D eigenvalue weighted by molar-refractivity contribution is 5.97. The summed E-state index contributed by atoms with van der Waals surface area (Å²) in [6.45, 7) is 3.38. The molecule has 0 saturated carbocycles. The van der Waals surface area contributed by atoms with E-state index in [4.69, 9.17) is 14.9 Å². The van der Waals surface area contributed by atoms with Crippen molar-refractivity contribution in [3.63, 3.8) is 0 Å². The van der Waals surface area contributed by atoms with Crippen molar-refractivity contribution < 1.29 is 13.9 Å². The van der Waals surface area contributed by atoms with Gasteiger partial charge in [0.05, 0.1) is 0 Å². The van der Waals surface area contributed by atoms with Gasteiger partial charge in [-0.15, -0.1) is 0 Å². The molecular weight excluding hydrogens is 256 g/mol. The molecule has 0 bridgehead atoms. The topological polar surface area (TPSA) is 77.5 Å². The number of hydrogen-bond donors (Lipinski definition) is 2. The first-order chi connectivity index (χ1) is 9.56. The molecule has 1 aromatic heterocycles. The normalized spacial score (nSPS) is 18.1. The van der Waals surface area contributed by atoms with Crippen LogP contribution in [0.25, 0.3) is 11.0 Å². The summed E-state index contributed by atoms with van der Waals surface area (Å²) in [5.74, 6) is 0.127. The predicted molar refractivity (Wildman–Crippen MR) is 76.6 cm³/mol. The van der Waals surface area contributed by atoms with Gasteiger partial charge < -0.3 is 20.2 Å². The molecule has 1 aromatic carbocycles. The van der Waals surface area contributed by atoms with Crippen LogP contribution in [0.1, 0.15) is 30.3 Å². The summed E-state index contributed by atoms with van der Waals surface area (Å²) in [5, 5.41) is 3.88. The second-order valence-electron chi connectivity index (χ2n) is 5.54. The van der Waals surface area contributed by atoms with Crippen LogP contribution in [0.3, 0.4) is 0 Å². The summed E-state index contributed by atoms with van der Waals surface area (Å²) in [6.07, 6.45) is 1.62. The third-order valence-electron chi connectivity index (χ3n) is 3.78. The third kappa shape index (κ3) is 2.49. The largest absolute Gasteiger partial charge is 0.451 e. The van der Waals surface area contributed by atoms with Crippen molar-refractivity contribution in [2.75, 3.05) is 18.9 Å². The lowest BCUT2D eigenvalue weighted by molar-refractivity contribution is 0.0415. The summed E-state index contributed by atoms with van der Waals surface area (Å²) < 4.78 is 10.9. The molecule has 2 aromatic rings. The zero-order valence-corrected chi connectivity index (χ0v) is 11.4. The van der Waals surface area contributed by atoms with E-state index in [1.807, 2.05) is 6.92 Å². The van der Waals surface area contributed by atoms with E-state index in [2.05, 4.69) is 5.32 Å². The Morgan fingerprint density at radius 2 is 2.05 bits per heavy atom. The minimum absolute atomic E-state index is 0.191. The van der Waals surface area contributed by atoms with Crippen molar-refractivity contribution in [2.24, 2.45) is 0 Å². The molecule has 5 heteroatoms. The highest BCUT2D eigenvalue weighted by Crippen LogP contribution is 2.24. The number of anilines is 1. The van der Waals surface area contributed by atoms with Gasteiger partial charge in [-0.05, 0) is 44.0 Å². The smallest absolute Gasteiger partial charge is 0.287 e. The summed E-state index contributed by atoms with van der Waals surface area (Å²) in [4.78, 5) is 12.3. The molecular formula is C15H18N2O3. The fourth-order valence-corrected chi connectivity index (χ4v) is 2.46. The van der Waals surface area contributed by atoms with E-state index in [-0.39, 0.29) is 11.4 Å². The van der Waals surface area contributed by atoms with Gasteiger partial charge in [0.2, 0.25) is 0 Å². The van der Waals surface area contributed by atoms with Gasteiger partial charge in [0.25, 0.3) is 5.91 Å². The fourth-order valence-electron chi connectivity index (χ4n) is 2.46. The van der Waals surface area contributed by atoms with Gasteiger partial charge in [0.15, 0.2) is 5.76 Å². The number of amides is 1. The Bertz CT molecular complexity index is 642. The van der Waals surface area contributed by atoms with E-state index in [1.54, 1.807) is 24.3 Å². The number of furan rings is 1. The monoisotopic (exact) mass is 274 g/mol. The maximum absolute atomic E-state index is 12.3. The summed E-state index contributed by atoms with van der Waals surface area (Å²) >= 11 is 0. The molecule has 3 N–H and O–H groups in total. The molecule has 5 nitrogen and oxygen atoms in total. The van der Waals surface area contributed by atoms with Gasteiger partial charge in [0.1, 0.15) is 5.58 Å². The molecule has 1 aliphatic heterocycles. The molecule has 0 radical (unpaired) electrons. The molecule has 1 saturated heterocycles. The maximum atomic E-state index is 12.3. The molecule has 1 amide bonds. The molecule has 2 heterocycles. The van der Waals surface area contributed by atoms with Gasteiger partial charge in [-0.25, -0.2) is 0 Å². The zero-order valence-electron chi connectivity index (χ0n) is 11.4. The van der Waals surface area contributed by atoms with Crippen LogP contribution in [0.15, 0.2) is 28.7 Å². The minimum atomic E-state index is -0.229. The second kappa shape index (κ2) is 4.83. The standard InChI is InChI=1S/C15H18N2O3/c1-15(4-6-19-7-5-15)17-14(18)13-9-10-8-11(16)2-3-12(10)20-13/h2-3,8-9H,4-7,16H2,1H3,(H,17,18). The fraction of sp³-hybridized carbons (Fsp3) is 0.400. The highest BCUT2D eigenvalue weighted by atomic mass is 16.5. The lowest BCUT2D eigenvalue weighted by atomic mass is 9.92. The average molecular weight is 274 g/mol. The molecule has 106 valence electrons. The number of nitrogen functional groups attached to an aromatic ring is 1. The van der Waals surface area contributed by atoms with Crippen LogP contribution in [0.5, 0.6) is 0 Å². The Morgan fingerprint density at radius 1 is 1.30 bits per heavy atom. The quantitative estimate of drug-likeness (QED) is 0.824. The Labute approximate surface area is 117 Å². The van der Waals surface area contributed by atoms with Gasteiger partial charge in [-0.1, -0.05) is 0 Å². The number of rotatable bonds is 2. The lowest BCUT2D eigenvalue weighted by Gasteiger charge is -2.34. The van der Waals surface area contributed by atoms with E-state index in [9.17, 15) is 4.79 Å². The van der Waals surface area contributed by atoms with E-state index in [0.29, 0.717) is 30.2 Å². The van der Waals surface area contributed by atoms with Gasteiger partial charge in [-0.3, -0.25) is 4.79 Å². The van der Waals surface area contributed by atoms with Gasteiger partial charge in [0, 0.05) is 29.8 Å².